The molecule has 12 heavy (non-hydrogen) atoms. The number of halogens is 3. The first-order valence-electron chi connectivity index (χ1n) is 3.20. The summed E-state index contributed by atoms with van der Waals surface area (Å²) in [6.45, 7) is 0. The Morgan fingerprint density at radius 1 is 1.50 bits per heavy atom. The van der Waals surface area contributed by atoms with Crippen LogP contribution < -0.4 is 0 Å². The van der Waals surface area contributed by atoms with E-state index in [2.05, 4.69) is 0 Å². The van der Waals surface area contributed by atoms with Gasteiger partial charge < -0.3 is 0 Å². The second-order valence-electron chi connectivity index (χ2n) is 2.16. The number of carbonyl (C=O) groups is 1. The van der Waals surface area contributed by atoms with Gasteiger partial charge in [0.05, 0.1) is 16.5 Å². The van der Waals surface area contributed by atoms with E-state index < -0.39 is 11.6 Å². The molecule has 0 bridgehead atoms. The molecule has 0 aliphatic rings. The van der Waals surface area contributed by atoms with Gasteiger partial charge in [0.1, 0.15) is 0 Å². The van der Waals surface area contributed by atoms with Crippen LogP contribution in [0.15, 0.2) is 18.2 Å². The van der Waals surface area contributed by atoms with E-state index in [1.165, 1.54) is 18.2 Å². The van der Waals surface area contributed by atoms with Crippen LogP contribution in [0.1, 0.15) is 10.4 Å². The van der Waals surface area contributed by atoms with Crippen LogP contribution in [0, 0.1) is 5.82 Å². The molecule has 0 saturated heterocycles. The van der Waals surface area contributed by atoms with Gasteiger partial charge in [0.25, 0.3) is 0 Å². The van der Waals surface area contributed by atoms with E-state index in [0.717, 1.165) is 0 Å². The lowest BCUT2D eigenvalue weighted by Crippen LogP contribution is -2.03. The van der Waals surface area contributed by atoms with Crippen LogP contribution >= 0.6 is 23.2 Å². The standard InChI is InChI=1S/C8H5Cl2FO/c9-4-7(12)5-2-1-3-6(10)8(5)11/h1-3H,4H2. The fourth-order valence-corrected chi connectivity index (χ4v) is 1.11. The van der Waals surface area contributed by atoms with Gasteiger partial charge in [0.15, 0.2) is 11.6 Å². The van der Waals surface area contributed by atoms with Crippen LogP contribution in [0.3, 0.4) is 0 Å². The van der Waals surface area contributed by atoms with Crippen molar-refractivity contribution in [3.05, 3.63) is 34.6 Å². The molecule has 0 heterocycles. The maximum Gasteiger partial charge on any atom is 0.180 e. The molecule has 1 aromatic rings. The van der Waals surface area contributed by atoms with Gasteiger partial charge in [-0.3, -0.25) is 4.79 Å². The fraction of sp³-hybridized carbons (Fsp3) is 0.125. The van der Waals surface area contributed by atoms with Crippen LogP contribution in [-0.4, -0.2) is 11.7 Å². The molecule has 0 unspecified atom stereocenters. The molecule has 0 saturated carbocycles. The maximum absolute atomic E-state index is 13.0. The van der Waals surface area contributed by atoms with Gasteiger partial charge in [-0.2, -0.15) is 0 Å². The summed E-state index contributed by atoms with van der Waals surface area (Å²) < 4.78 is 13.0. The first kappa shape index (κ1) is 9.49. The Morgan fingerprint density at radius 3 is 2.75 bits per heavy atom. The SMILES string of the molecule is O=C(CCl)c1cccc(Cl)c1F. The summed E-state index contributed by atoms with van der Waals surface area (Å²) in [6.07, 6.45) is 0. The zero-order valence-electron chi connectivity index (χ0n) is 5.98. The second-order valence-corrected chi connectivity index (χ2v) is 2.83. The summed E-state index contributed by atoms with van der Waals surface area (Å²) >= 11 is 10.7. The van der Waals surface area contributed by atoms with E-state index in [4.69, 9.17) is 23.2 Å². The van der Waals surface area contributed by atoms with Crippen molar-refractivity contribution in [1.82, 2.24) is 0 Å². The van der Waals surface area contributed by atoms with Gasteiger partial charge in [-0.1, -0.05) is 17.7 Å². The number of benzene rings is 1. The molecule has 0 aromatic heterocycles. The average Bonchev–Trinajstić information content (AvgIpc) is 2.08. The first-order valence-corrected chi connectivity index (χ1v) is 4.11. The molecule has 0 aliphatic heterocycles. The third-order valence-corrected chi connectivity index (χ3v) is 1.91. The van der Waals surface area contributed by atoms with Gasteiger partial charge in [-0.25, -0.2) is 4.39 Å². The highest BCUT2D eigenvalue weighted by Gasteiger charge is 2.12. The normalized spacial score (nSPS) is 9.92. The average molecular weight is 207 g/mol. The molecule has 1 nitrogen and oxygen atoms in total. The molecule has 0 radical (unpaired) electrons. The summed E-state index contributed by atoms with van der Waals surface area (Å²) in [5.74, 6) is -1.40. The minimum absolute atomic E-state index is 0.0579. The van der Waals surface area contributed by atoms with Crippen molar-refractivity contribution in [1.29, 1.82) is 0 Å². The van der Waals surface area contributed by atoms with Gasteiger partial charge in [-0.05, 0) is 12.1 Å². The van der Waals surface area contributed by atoms with E-state index >= 15 is 0 Å². The third-order valence-electron chi connectivity index (χ3n) is 1.37. The highest BCUT2D eigenvalue weighted by atomic mass is 35.5. The summed E-state index contributed by atoms with van der Waals surface area (Å²) in [6, 6.07) is 4.24. The lowest BCUT2D eigenvalue weighted by Gasteiger charge is -1.99. The number of rotatable bonds is 2. The molecule has 64 valence electrons. The zero-order valence-corrected chi connectivity index (χ0v) is 7.49. The van der Waals surface area contributed by atoms with E-state index in [1.807, 2.05) is 0 Å². The van der Waals surface area contributed by atoms with E-state index in [9.17, 15) is 9.18 Å². The van der Waals surface area contributed by atoms with Crippen molar-refractivity contribution < 1.29 is 9.18 Å². The Hall–Kier alpha value is -0.600. The molecule has 0 atom stereocenters. The number of carbonyl (C=O) groups excluding carboxylic acids is 1. The third kappa shape index (κ3) is 1.76. The lowest BCUT2D eigenvalue weighted by atomic mass is 10.1. The molecular formula is C8H5Cl2FO. The van der Waals surface area contributed by atoms with Gasteiger partial charge in [-0.15, -0.1) is 11.6 Å². The fourth-order valence-electron chi connectivity index (χ4n) is 0.791. The number of Topliss-reactive ketones (excluding diaryl/α,β-unsaturated/α-hetero) is 1. The lowest BCUT2D eigenvalue weighted by molar-refractivity contribution is 0.101. The van der Waals surface area contributed by atoms with E-state index in [0.29, 0.717) is 0 Å². The van der Waals surface area contributed by atoms with Crippen LogP contribution in [0.5, 0.6) is 0 Å². The molecular weight excluding hydrogens is 202 g/mol. The van der Waals surface area contributed by atoms with Crippen molar-refractivity contribution in [2.45, 2.75) is 0 Å². The predicted octanol–water partition coefficient (Wildman–Crippen LogP) is 2.90. The Bertz CT molecular complexity index is 312. The van der Waals surface area contributed by atoms with Crippen LogP contribution in [0.2, 0.25) is 5.02 Å². The molecule has 0 fully saturated rings. The summed E-state index contributed by atoms with van der Waals surface area (Å²) in [5, 5.41) is -0.0639. The monoisotopic (exact) mass is 206 g/mol. The quantitative estimate of drug-likeness (QED) is 0.538. The smallest absolute Gasteiger partial charge is 0.180 e. The minimum atomic E-state index is -0.704. The van der Waals surface area contributed by atoms with Gasteiger partial charge in [0.2, 0.25) is 0 Å². The Morgan fingerprint density at radius 2 is 2.17 bits per heavy atom. The molecule has 0 amide bonds. The van der Waals surface area contributed by atoms with Crippen LogP contribution in [0.25, 0.3) is 0 Å². The van der Waals surface area contributed by atoms with Crippen molar-refractivity contribution in [2.24, 2.45) is 0 Å². The number of ketones is 1. The Balaban J connectivity index is 3.16. The van der Waals surface area contributed by atoms with Crippen LogP contribution in [-0.2, 0) is 0 Å². The van der Waals surface area contributed by atoms with Crippen molar-refractivity contribution in [3.63, 3.8) is 0 Å². The van der Waals surface area contributed by atoms with Crippen LogP contribution in [0.4, 0.5) is 4.39 Å². The summed E-state index contributed by atoms with van der Waals surface area (Å²) in [4.78, 5) is 11.0. The Labute approximate surface area is 79.1 Å². The van der Waals surface area contributed by atoms with E-state index in [1.54, 1.807) is 0 Å². The van der Waals surface area contributed by atoms with Gasteiger partial charge in [0, 0.05) is 0 Å². The second kappa shape index (κ2) is 3.87. The van der Waals surface area contributed by atoms with Crippen molar-refractivity contribution in [2.75, 3.05) is 5.88 Å². The summed E-state index contributed by atoms with van der Waals surface area (Å²) in [5.41, 5.74) is -0.0579. The zero-order chi connectivity index (χ0) is 9.14. The minimum Gasteiger partial charge on any atom is -0.293 e. The molecule has 1 aromatic carbocycles. The summed E-state index contributed by atoms with van der Waals surface area (Å²) in [7, 11) is 0. The number of alkyl halides is 1. The molecule has 0 aliphatic carbocycles. The van der Waals surface area contributed by atoms with Crippen molar-refractivity contribution >= 4 is 29.0 Å². The highest BCUT2D eigenvalue weighted by molar-refractivity contribution is 6.33. The largest absolute Gasteiger partial charge is 0.293 e. The number of hydrogen-bond acceptors (Lipinski definition) is 1. The van der Waals surface area contributed by atoms with Crippen molar-refractivity contribution in [3.8, 4) is 0 Å². The van der Waals surface area contributed by atoms with E-state index in [-0.39, 0.29) is 16.5 Å². The first-order chi connectivity index (χ1) is 5.66. The molecule has 0 spiro atoms. The Kier molecular flexibility index (Phi) is 3.06. The topological polar surface area (TPSA) is 17.1 Å². The molecule has 4 heteroatoms. The predicted molar refractivity (Wildman–Crippen MR) is 46.5 cm³/mol. The number of hydrogen-bond donors (Lipinski definition) is 0. The molecule has 0 N–H and O–H groups in total. The molecule has 1 rings (SSSR count). The maximum atomic E-state index is 13.0. The van der Waals surface area contributed by atoms with Gasteiger partial charge >= 0.3 is 0 Å². The highest BCUT2D eigenvalue weighted by Crippen LogP contribution is 2.18.